The molecule has 0 heterocycles. The zero-order chi connectivity index (χ0) is 15.2. The van der Waals surface area contributed by atoms with Gasteiger partial charge in [0.1, 0.15) is 5.75 Å². The molecule has 0 bridgehead atoms. The average molecular weight is 290 g/mol. The Morgan fingerprint density at radius 3 is 3.00 bits per heavy atom. The maximum Gasteiger partial charge on any atom is 0.260 e. The molecule has 0 aromatic heterocycles. The molecule has 0 spiro atoms. The van der Waals surface area contributed by atoms with Gasteiger partial charge in [-0.1, -0.05) is 13.0 Å². The highest BCUT2D eigenvalue weighted by Gasteiger charge is 2.21. The van der Waals surface area contributed by atoms with E-state index in [9.17, 15) is 4.79 Å². The smallest absolute Gasteiger partial charge is 0.260 e. The number of likely N-dealkylation sites (N-methyl/N-ethyl adjacent to an activating group) is 1. The van der Waals surface area contributed by atoms with E-state index in [1.54, 1.807) is 14.0 Å². The molecular formula is C17H26N2O2. The lowest BCUT2D eigenvalue weighted by atomic mass is 9.87. The zero-order valence-corrected chi connectivity index (χ0v) is 13.2. The minimum atomic E-state index is -0.473. The van der Waals surface area contributed by atoms with E-state index in [2.05, 4.69) is 29.7 Å². The minimum Gasteiger partial charge on any atom is -0.481 e. The fourth-order valence-corrected chi connectivity index (χ4v) is 2.84. The number of benzene rings is 1. The summed E-state index contributed by atoms with van der Waals surface area (Å²) < 4.78 is 5.75. The summed E-state index contributed by atoms with van der Waals surface area (Å²) in [5.74, 6) is 0.670. The monoisotopic (exact) mass is 290 g/mol. The van der Waals surface area contributed by atoms with Crippen LogP contribution in [0.4, 0.5) is 0 Å². The molecule has 4 heteroatoms. The number of aryl methyl sites for hydroxylation is 1. The Kier molecular flexibility index (Phi) is 5.62. The summed E-state index contributed by atoms with van der Waals surface area (Å²) in [4.78, 5) is 11.6. The Morgan fingerprint density at radius 2 is 2.29 bits per heavy atom. The first-order valence-corrected chi connectivity index (χ1v) is 7.90. The Hall–Kier alpha value is -1.55. The Labute approximate surface area is 127 Å². The molecule has 0 saturated heterocycles. The van der Waals surface area contributed by atoms with Crippen LogP contribution in [0.1, 0.15) is 50.3 Å². The summed E-state index contributed by atoms with van der Waals surface area (Å²) in [5.41, 5.74) is 2.73. The Morgan fingerprint density at radius 1 is 1.48 bits per heavy atom. The number of nitrogens with one attached hydrogen (secondary N) is 2. The molecule has 1 aliphatic rings. The van der Waals surface area contributed by atoms with Crippen molar-refractivity contribution in [2.24, 2.45) is 0 Å². The van der Waals surface area contributed by atoms with E-state index in [1.165, 1.54) is 24.0 Å². The van der Waals surface area contributed by atoms with Crippen LogP contribution in [0.15, 0.2) is 18.2 Å². The molecule has 116 valence electrons. The topological polar surface area (TPSA) is 50.4 Å². The van der Waals surface area contributed by atoms with E-state index >= 15 is 0 Å². The summed E-state index contributed by atoms with van der Waals surface area (Å²) in [7, 11) is 1.62. The zero-order valence-electron chi connectivity index (χ0n) is 13.2. The molecule has 1 aliphatic carbocycles. The normalized spacial score (nSPS) is 18.7. The quantitative estimate of drug-likeness (QED) is 0.846. The first kappa shape index (κ1) is 15.8. The highest BCUT2D eigenvalue weighted by atomic mass is 16.5. The van der Waals surface area contributed by atoms with Crippen molar-refractivity contribution in [2.45, 2.75) is 51.7 Å². The van der Waals surface area contributed by atoms with Crippen LogP contribution < -0.4 is 15.4 Å². The van der Waals surface area contributed by atoms with Gasteiger partial charge in [-0.2, -0.15) is 0 Å². The van der Waals surface area contributed by atoms with E-state index in [1.807, 2.05) is 6.07 Å². The van der Waals surface area contributed by atoms with E-state index in [4.69, 9.17) is 4.74 Å². The Balaban J connectivity index is 2.14. The number of fused-ring (bicyclic) bond motifs is 1. The molecule has 0 fully saturated rings. The molecular weight excluding hydrogens is 264 g/mol. The van der Waals surface area contributed by atoms with Crippen LogP contribution in [0.2, 0.25) is 0 Å². The van der Waals surface area contributed by atoms with Gasteiger partial charge in [0.25, 0.3) is 5.91 Å². The second kappa shape index (κ2) is 7.46. The lowest BCUT2D eigenvalue weighted by Crippen LogP contribution is -2.33. The van der Waals surface area contributed by atoms with Crippen LogP contribution in [-0.2, 0) is 11.2 Å². The molecule has 0 radical (unpaired) electrons. The van der Waals surface area contributed by atoms with Gasteiger partial charge in [0, 0.05) is 13.1 Å². The number of carbonyl (C=O) groups excluding carboxylic acids is 1. The van der Waals surface area contributed by atoms with Gasteiger partial charge in [0.2, 0.25) is 0 Å². The van der Waals surface area contributed by atoms with Crippen molar-refractivity contribution in [1.29, 1.82) is 0 Å². The summed E-state index contributed by atoms with van der Waals surface area (Å²) in [6.07, 6.45) is 4.18. The van der Waals surface area contributed by atoms with Gasteiger partial charge >= 0.3 is 0 Å². The van der Waals surface area contributed by atoms with Crippen molar-refractivity contribution in [3.63, 3.8) is 0 Å². The molecule has 2 unspecified atom stereocenters. The predicted octanol–water partition coefficient (Wildman–Crippen LogP) is 2.58. The maximum absolute atomic E-state index is 11.6. The van der Waals surface area contributed by atoms with Crippen molar-refractivity contribution in [2.75, 3.05) is 13.6 Å². The number of carbonyl (C=O) groups is 1. The van der Waals surface area contributed by atoms with Crippen LogP contribution in [-0.4, -0.2) is 25.6 Å². The summed E-state index contributed by atoms with van der Waals surface area (Å²) >= 11 is 0. The molecule has 4 nitrogen and oxygen atoms in total. The van der Waals surface area contributed by atoms with E-state index < -0.39 is 6.10 Å². The minimum absolute atomic E-state index is 0.103. The second-order valence-electron chi connectivity index (χ2n) is 5.63. The highest BCUT2D eigenvalue weighted by Crippen LogP contribution is 2.32. The predicted molar refractivity (Wildman–Crippen MR) is 84.6 cm³/mol. The van der Waals surface area contributed by atoms with Crippen molar-refractivity contribution in [3.8, 4) is 5.75 Å². The van der Waals surface area contributed by atoms with Crippen molar-refractivity contribution in [3.05, 3.63) is 29.3 Å². The largest absolute Gasteiger partial charge is 0.481 e. The number of rotatable bonds is 6. The molecule has 1 amide bonds. The summed E-state index contributed by atoms with van der Waals surface area (Å²) in [6, 6.07) is 6.62. The van der Waals surface area contributed by atoms with Crippen LogP contribution in [0.5, 0.6) is 5.75 Å². The molecule has 2 rings (SSSR count). The standard InChI is InChI=1S/C17H26N2O2/c1-4-10-19-16-7-5-6-13-8-9-14(11-15(13)16)21-12(2)17(20)18-3/h8-9,11-12,16,19H,4-7,10H2,1-3H3,(H,18,20). The van der Waals surface area contributed by atoms with E-state index in [0.29, 0.717) is 6.04 Å². The van der Waals surface area contributed by atoms with E-state index in [0.717, 1.165) is 25.1 Å². The van der Waals surface area contributed by atoms with Gasteiger partial charge in [-0.3, -0.25) is 4.79 Å². The van der Waals surface area contributed by atoms with Crippen molar-refractivity contribution < 1.29 is 9.53 Å². The maximum atomic E-state index is 11.6. The number of ether oxygens (including phenoxy) is 1. The number of amides is 1. The second-order valence-corrected chi connectivity index (χ2v) is 5.63. The van der Waals surface area contributed by atoms with Crippen LogP contribution in [0.3, 0.4) is 0 Å². The molecule has 0 aliphatic heterocycles. The van der Waals surface area contributed by atoms with Crippen LogP contribution >= 0.6 is 0 Å². The SMILES string of the molecule is CCCNC1CCCc2ccc(OC(C)C(=O)NC)cc21. The fourth-order valence-electron chi connectivity index (χ4n) is 2.84. The molecule has 2 atom stereocenters. The molecule has 0 saturated carbocycles. The molecule has 1 aromatic rings. The fraction of sp³-hybridized carbons (Fsp3) is 0.588. The lowest BCUT2D eigenvalue weighted by molar-refractivity contribution is -0.126. The van der Waals surface area contributed by atoms with Crippen LogP contribution in [0, 0.1) is 0 Å². The third-order valence-electron chi connectivity index (χ3n) is 4.00. The third-order valence-corrected chi connectivity index (χ3v) is 4.00. The van der Waals surface area contributed by atoms with Gasteiger partial charge < -0.3 is 15.4 Å². The van der Waals surface area contributed by atoms with Gasteiger partial charge in [0.05, 0.1) is 0 Å². The van der Waals surface area contributed by atoms with Crippen molar-refractivity contribution >= 4 is 5.91 Å². The summed E-state index contributed by atoms with van der Waals surface area (Å²) in [5, 5.41) is 6.21. The molecule has 21 heavy (non-hydrogen) atoms. The van der Waals surface area contributed by atoms with Gasteiger partial charge in [-0.15, -0.1) is 0 Å². The van der Waals surface area contributed by atoms with Gasteiger partial charge in [-0.25, -0.2) is 0 Å². The van der Waals surface area contributed by atoms with Gasteiger partial charge in [0.15, 0.2) is 6.10 Å². The lowest BCUT2D eigenvalue weighted by Gasteiger charge is -2.27. The van der Waals surface area contributed by atoms with Crippen molar-refractivity contribution in [1.82, 2.24) is 10.6 Å². The van der Waals surface area contributed by atoms with Crippen LogP contribution in [0.25, 0.3) is 0 Å². The Bertz CT molecular complexity index is 488. The highest BCUT2D eigenvalue weighted by molar-refractivity contribution is 5.80. The van der Waals surface area contributed by atoms with Gasteiger partial charge in [-0.05, 0) is 62.4 Å². The number of hydrogen-bond acceptors (Lipinski definition) is 3. The molecule has 1 aromatic carbocycles. The third kappa shape index (κ3) is 3.97. The first-order chi connectivity index (χ1) is 10.2. The van der Waals surface area contributed by atoms with E-state index in [-0.39, 0.29) is 5.91 Å². The first-order valence-electron chi connectivity index (χ1n) is 7.90. The molecule has 2 N–H and O–H groups in total. The summed E-state index contributed by atoms with van der Waals surface area (Å²) in [6.45, 7) is 4.98. The number of hydrogen-bond donors (Lipinski definition) is 2. The average Bonchev–Trinajstić information content (AvgIpc) is 2.51.